The zero-order valence-corrected chi connectivity index (χ0v) is 22.4. The highest BCUT2D eigenvalue weighted by molar-refractivity contribution is 7.85. The van der Waals surface area contributed by atoms with Crippen molar-refractivity contribution in [2.24, 2.45) is 11.1 Å². The fraction of sp³-hybridized carbons (Fsp3) is 0.400. The molecule has 0 spiro atoms. The molecule has 0 saturated heterocycles. The van der Waals surface area contributed by atoms with E-state index in [-0.39, 0.29) is 23.2 Å². The Morgan fingerprint density at radius 3 is 2.03 bits per heavy atom. The number of benzene rings is 2. The normalized spacial score (nSPS) is 14.7. The van der Waals surface area contributed by atoms with Gasteiger partial charge in [-0.25, -0.2) is 0 Å². The number of nitrogens with one attached hydrogen (secondary N) is 4. The highest BCUT2D eigenvalue weighted by Crippen LogP contribution is 2.39. The average Bonchev–Trinajstić information content (AvgIpc) is 3.41. The summed E-state index contributed by atoms with van der Waals surface area (Å²) < 4.78 is 29.2. The number of carbonyl (C=O) groups excluding carboxylic acids is 2. The third kappa shape index (κ3) is 10.3. The van der Waals surface area contributed by atoms with Crippen LogP contribution in [-0.4, -0.2) is 60.4 Å². The second-order valence-corrected chi connectivity index (χ2v) is 10.6. The van der Waals surface area contributed by atoms with E-state index < -0.39 is 34.5 Å². The first-order chi connectivity index (χ1) is 18.5. The summed E-state index contributed by atoms with van der Waals surface area (Å²) in [6.45, 7) is 0.703. The van der Waals surface area contributed by atoms with Gasteiger partial charge in [-0.15, -0.1) is 0 Å². The lowest BCUT2D eigenvalue weighted by molar-refractivity contribution is -0.143. The largest absolute Gasteiger partial charge is 0.475 e. The van der Waals surface area contributed by atoms with Crippen LogP contribution in [0, 0.1) is 10.8 Å². The van der Waals surface area contributed by atoms with Crippen molar-refractivity contribution in [2.75, 3.05) is 6.54 Å². The SMILES string of the molecule is N=C(N)NCCCC(NC(=O)C1(C(=O)NCc2ccccc2)CCCC1)B(O)O.O=S(=O)(O)c1ccccc1. The Morgan fingerprint density at radius 2 is 1.54 bits per heavy atom. The summed E-state index contributed by atoms with van der Waals surface area (Å²) in [5.74, 6) is -1.88. The van der Waals surface area contributed by atoms with E-state index in [4.69, 9.17) is 15.7 Å². The lowest BCUT2D eigenvalue weighted by Crippen LogP contribution is -2.55. The molecule has 0 heterocycles. The van der Waals surface area contributed by atoms with Gasteiger partial charge in [0.05, 0.1) is 10.8 Å². The molecule has 9 N–H and O–H groups in total. The fourth-order valence-corrected chi connectivity index (χ4v) is 4.72. The topological polar surface area (TPSA) is 215 Å². The predicted octanol–water partition coefficient (Wildman–Crippen LogP) is 0.557. The van der Waals surface area contributed by atoms with Gasteiger partial charge >= 0.3 is 7.12 Å². The van der Waals surface area contributed by atoms with Gasteiger partial charge in [0.2, 0.25) is 11.8 Å². The predicted molar refractivity (Wildman–Crippen MR) is 147 cm³/mol. The Morgan fingerprint density at radius 1 is 0.974 bits per heavy atom. The quantitative estimate of drug-likeness (QED) is 0.0480. The first kappa shape index (κ1) is 31.8. The second kappa shape index (κ2) is 15.2. The molecule has 1 aliphatic carbocycles. The minimum Gasteiger partial charge on any atom is -0.426 e. The molecule has 1 saturated carbocycles. The third-order valence-corrected chi connectivity index (χ3v) is 7.21. The Labute approximate surface area is 228 Å². The summed E-state index contributed by atoms with van der Waals surface area (Å²) in [7, 11) is -5.75. The van der Waals surface area contributed by atoms with E-state index in [2.05, 4.69) is 16.0 Å². The molecule has 0 aromatic heterocycles. The van der Waals surface area contributed by atoms with Crippen LogP contribution in [0.15, 0.2) is 65.6 Å². The molecule has 39 heavy (non-hydrogen) atoms. The number of rotatable bonds is 11. The number of nitrogens with two attached hydrogens (primary N) is 1. The van der Waals surface area contributed by atoms with Crippen molar-refractivity contribution in [2.45, 2.75) is 55.9 Å². The van der Waals surface area contributed by atoms with Gasteiger partial charge in [-0.05, 0) is 43.4 Å². The second-order valence-electron chi connectivity index (χ2n) is 9.22. The fourth-order valence-electron chi connectivity index (χ4n) is 4.22. The number of carbonyl (C=O) groups is 2. The van der Waals surface area contributed by atoms with E-state index >= 15 is 0 Å². The number of guanidine groups is 1. The van der Waals surface area contributed by atoms with E-state index in [1.54, 1.807) is 18.2 Å². The van der Waals surface area contributed by atoms with Crippen molar-refractivity contribution < 1.29 is 32.6 Å². The van der Waals surface area contributed by atoms with E-state index in [1.165, 1.54) is 12.1 Å². The summed E-state index contributed by atoms with van der Waals surface area (Å²) in [4.78, 5) is 25.9. The molecule has 0 radical (unpaired) electrons. The summed E-state index contributed by atoms with van der Waals surface area (Å²) in [6.07, 6.45) is 3.13. The van der Waals surface area contributed by atoms with Gasteiger partial charge in [-0.3, -0.25) is 19.6 Å². The average molecular weight is 561 g/mol. The molecule has 0 bridgehead atoms. The molecule has 14 heteroatoms. The van der Waals surface area contributed by atoms with E-state index in [9.17, 15) is 28.1 Å². The van der Waals surface area contributed by atoms with Gasteiger partial charge in [0.1, 0.15) is 5.41 Å². The Kier molecular flexibility index (Phi) is 12.4. The standard InChI is InChI=1S/C19H30BN5O4.C6H6O3S/c21-18(22)23-12-6-9-15(20(28)29)25-17(27)19(10-4-5-11-19)16(26)24-13-14-7-2-1-3-8-14;7-10(8,9)6-4-2-1-3-5-6/h1-3,7-8,15,28-29H,4-6,9-13H2,(H,24,26)(H,25,27)(H4,21,22,23);1-5H,(H,7,8,9). The Bertz CT molecular complexity index is 1180. The molecule has 212 valence electrons. The number of amides is 2. The summed E-state index contributed by atoms with van der Waals surface area (Å²) in [6, 6.07) is 16.9. The van der Waals surface area contributed by atoms with Gasteiger partial charge in [0.15, 0.2) is 5.96 Å². The van der Waals surface area contributed by atoms with Crippen LogP contribution in [0.5, 0.6) is 0 Å². The third-order valence-electron chi connectivity index (χ3n) is 6.35. The van der Waals surface area contributed by atoms with Crippen LogP contribution in [-0.2, 0) is 26.3 Å². The summed E-state index contributed by atoms with van der Waals surface area (Å²) >= 11 is 0. The van der Waals surface area contributed by atoms with Crippen molar-refractivity contribution in [3.05, 3.63) is 66.2 Å². The highest BCUT2D eigenvalue weighted by atomic mass is 32.2. The molecule has 1 unspecified atom stereocenters. The van der Waals surface area contributed by atoms with Crippen molar-refractivity contribution in [1.29, 1.82) is 5.41 Å². The van der Waals surface area contributed by atoms with Crippen molar-refractivity contribution in [1.82, 2.24) is 16.0 Å². The zero-order chi connectivity index (χ0) is 28.9. The Hall–Kier alpha value is -3.46. The highest BCUT2D eigenvalue weighted by Gasteiger charge is 2.48. The van der Waals surface area contributed by atoms with Crippen LogP contribution in [0.4, 0.5) is 0 Å². The van der Waals surface area contributed by atoms with Crippen LogP contribution in [0.1, 0.15) is 44.1 Å². The van der Waals surface area contributed by atoms with Crippen molar-refractivity contribution in [3.8, 4) is 0 Å². The summed E-state index contributed by atoms with van der Waals surface area (Å²) in [5, 5.41) is 34.5. The van der Waals surface area contributed by atoms with Crippen LogP contribution in [0.2, 0.25) is 0 Å². The molecule has 1 fully saturated rings. The van der Waals surface area contributed by atoms with Gasteiger partial charge in [-0.1, -0.05) is 61.4 Å². The van der Waals surface area contributed by atoms with Crippen LogP contribution in [0.3, 0.4) is 0 Å². The molecule has 2 aromatic carbocycles. The van der Waals surface area contributed by atoms with Crippen LogP contribution in [0.25, 0.3) is 0 Å². The smallest absolute Gasteiger partial charge is 0.426 e. The first-order valence-electron chi connectivity index (χ1n) is 12.6. The molecular formula is C25H36BN5O7S. The minimum atomic E-state index is -4.00. The minimum absolute atomic E-state index is 0.0741. The number of hydrogen-bond donors (Lipinski definition) is 8. The van der Waals surface area contributed by atoms with Crippen LogP contribution < -0.4 is 21.7 Å². The maximum Gasteiger partial charge on any atom is 0.475 e. The lowest BCUT2D eigenvalue weighted by Gasteiger charge is -2.29. The van der Waals surface area contributed by atoms with Gasteiger partial charge in [0, 0.05) is 13.1 Å². The van der Waals surface area contributed by atoms with Crippen LogP contribution >= 0.6 is 0 Å². The molecular weight excluding hydrogens is 525 g/mol. The molecule has 1 atom stereocenters. The van der Waals surface area contributed by atoms with Crippen molar-refractivity contribution >= 4 is 35.0 Å². The van der Waals surface area contributed by atoms with E-state index in [0.29, 0.717) is 32.4 Å². The monoisotopic (exact) mass is 561 g/mol. The maximum absolute atomic E-state index is 13.0. The van der Waals surface area contributed by atoms with Gasteiger partial charge < -0.3 is 31.7 Å². The maximum atomic E-state index is 13.0. The van der Waals surface area contributed by atoms with Gasteiger partial charge in [-0.2, -0.15) is 8.42 Å². The number of hydrogen-bond acceptors (Lipinski definition) is 7. The molecule has 0 aliphatic heterocycles. The Balaban J connectivity index is 0.000000446. The summed E-state index contributed by atoms with van der Waals surface area (Å²) in [5.41, 5.74) is 4.96. The van der Waals surface area contributed by atoms with Gasteiger partial charge in [0.25, 0.3) is 10.1 Å². The van der Waals surface area contributed by atoms with E-state index in [0.717, 1.165) is 18.4 Å². The van der Waals surface area contributed by atoms with E-state index in [1.807, 2.05) is 30.3 Å². The molecule has 12 nitrogen and oxygen atoms in total. The molecule has 3 rings (SSSR count). The lowest BCUT2D eigenvalue weighted by atomic mass is 9.75. The zero-order valence-electron chi connectivity index (χ0n) is 21.5. The molecule has 1 aliphatic rings. The van der Waals surface area contributed by atoms with Crippen molar-refractivity contribution in [3.63, 3.8) is 0 Å². The molecule has 2 amide bonds. The first-order valence-corrected chi connectivity index (χ1v) is 14.0. The molecule has 2 aromatic rings.